The van der Waals surface area contributed by atoms with Gasteiger partial charge in [-0.15, -0.1) is 0 Å². The number of hydrogen-bond donors (Lipinski definition) is 3. The molecule has 4 rings (SSSR count). The van der Waals surface area contributed by atoms with Crippen molar-refractivity contribution in [3.05, 3.63) is 89.4 Å². The van der Waals surface area contributed by atoms with Crippen LogP contribution in [0.1, 0.15) is 37.6 Å². The summed E-state index contributed by atoms with van der Waals surface area (Å²) in [5.74, 6) is -0.583. The van der Waals surface area contributed by atoms with Crippen LogP contribution < -0.4 is 10.6 Å². The van der Waals surface area contributed by atoms with E-state index in [-0.39, 0.29) is 36.6 Å². The predicted molar refractivity (Wildman–Crippen MR) is 146 cm³/mol. The Hall–Kier alpha value is -4.23. The summed E-state index contributed by atoms with van der Waals surface area (Å²) in [6.45, 7) is 2.94. The summed E-state index contributed by atoms with van der Waals surface area (Å²) in [5.41, 5.74) is -5.91. The molecule has 0 radical (unpaired) electrons. The van der Waals surface area contributed by atoms with Crippen molar-refractivity contribution in [1.29, 1.82) is 0 Å². The van der Waals surface area contributed by atoms with E-state index in [1.54, 1.807) is 30.3 Å². The number of pyridine rings is 1. The first kappa shape index (κ1) is 31.7. The van der Waals surface area contributed by atoms with Crippen molar-refractivity contribution < 1.29 is 46.5 Å². The van der Waals surface area contributed by atoms with Gasteiger partial charge in [-0.3, -0.25) is 0 Å². The van der Waals surface area contributed by atoms with Gasteiger partial charge < -0.3 is 30.0 Å². The molecule has 2 heterocycles. The highest BCUT2D eigenvalue weighted by molar-refractivity contribution is 5.70. The van der Waals surface area contributed by atoms with Gasteiger partial charge in [-0.2, -0.15) is 13.2 Å². The number of carbonyl (C=O) groups excluding carboxylic acids is 2. The van der Waals surface area contributed by atoms with Gasteiger partial charge in [-0.1, -0.05) is 30.3 Å². The van der Waals surface area contributed by atoms with Crippen molar-refractivity contribution in [3.8, 4) is 11.3 Å². The Morgan fingerprint density at radius 1 is 1.00 bits per heavy atom. The lowest BCUT2D eigenvalue weighted by atomic mass is 9.85. The molecule has 1 aliphatic rings. The van der Waals surface area contributed by atoms with Crippen LogP contribution in [0.3, 0.4) is 0 Å². The number of amides is 2. The molecule has 0 saturated carbocycles. The van der Waals surface area contributed by atoms with Gasteiger partial charge in [0.25, 0.3) is 0 Å². The van der Waals surface area contributed by atoms with Gasteiger partial charge in [0.15, 0.2) is 0 Å². The van der Waals surface area contributed by atoms with Crippen LogP contribution in [0.4, 0.5) is 27.2 Å². The van der Waals surface area contributed by atoms with Gasteiger partial charge in [-0.05, 0) is 68.3 Å². The van der Waals surface area contributed by atoms with Crippen LogP contribution in [0.25, 0.3) is 11.3 Å². The number of rotatable bonds is 8. The molecule has 2 aromatic carbocycles. The Kier molecular flexibility index (Phi) is 8.97. The molecule has 0 aliphatic carbocycles. The number of halogens is 4. The molecular formula is C30H31F4N3O6. The van der Waals surface area contributed by atoms with Crippen LogP contribution in [0, 0.1) is 5.82 Å². The molecule has 3 aromatic rings. The fraction of sp³-hybridized carbons (Fsp3) is 0.367. The lowest BCUT2D eigenvalue weighted by molar-refractivity contribution is -0.265. The van der Waals surface area contributed by atoms with E-state index < -0.39 is 53.2 Å². The zero-order valence-electron chi connectivity index (χ0n) is 23.6. The summed E-state index contributed by atoms with van der Waals surface area (Å²) in [7, 11) is 0. The van der Waals surface area contributed by atoms with E-state index in [0.29, 0.717) is 5.56 Å². The average molecular weight is 606 g/mol. The molecule has 0 spiro atoms. The summed E-state index contributed by atoms with van der Waals surface area (Å²) in [6, 6.07) is 16.1. The third-order valence-electron chi connectivity index (χ3n) is 6.55. The second kappa shape index (κ2) is 12.2. The van der Waals surface area contributed by atoms with Gasteiger partial charge in [0.2, 0.25) is 5.60 Å². The van der Waals surface area contributed by atoms with Crippen molar-refractivity contribution in [2.45, 2.75) is 50.3 Å². The number of ether oxygens (including phenoxy) is 3. The number of nitrogens with one attached hydrogen (secondary N) is 2. The molecule has 43 heavy (non-hydrogen) atoms. The van der Waals surface area contributed by atoms with Crippen LogP contribution in [-0.4, -0.2) is 53.8 Å². The molecule has 9 nitrogen and oxygen atoms in total. The molecule has 1 atom stereocenters. The largest absolute Gasteiger partial charge is 0.445 e. The van der Waals surface area contributed by atoms with Gasteiger partial charge in [0.05, 0.1) is 31.1 Å². The van der Waals surface area contributed by atoms with Gasteiger partial charge >= 0.3 is 18.4 Å². The number of aliphatic hydroxyl groups is 1. The highest BCUT2D eigenvalue weighted by Crippen LogP contribution is 2.41. The van der Waals surface area contributed by atoms with Crippen LogP contribution >= 0.6 is 0 Å². The second-order valence-corrected chi connectivity index (χ2v) is 11.1. The molecular weight excluding hydrogens is 574 g/mol. The lowest BCUT2D eigenvalue weighted by Crippen LogP contribution is -2.59. The first-order valence-corrected chi connectivity index (χ1v) is 13.2. The number of hydrogen-bond acceptors (Lipinski definition) is 7. The van der Waals surface area contributed by atoms with E-state index in [0.717, 1.165) is 18.2 Å². The zero-order valence-corrected chi connectivity index (χ0v) is 23.6. The maximum atomic E-state index is 14.5. The van der Waals surface area contributed by atoms with Crippen LogP contribution in [0.2, 0.25) is 0 Å². The fourth-order valence-corrected chi connectivity index (χ4v) is 4.21. The molecule has 1 fully saturated rings. The van der Waals surface area contributed by atoms with Crippen molar-refractivity contribution in [1.82, 2.24) is 15.6 Å². The Morgan fingerprint density at radius 2 is 1.65 bits per heavy atom. The fourth-order valence-electron chi connectivity index (χ4n) is 4.21. The van der Waals surface area contributed by atoms with Gasteiger partial charge in [-0.25, -0.2) is 19.0 Å². The second-order valence-electron chi connectivity index (χ2n) is 11.1. The first-order chi connectivity index (χ1) is 20.1. The van der Waals surface area contributed by atoms with Crippen molar-refractivity contribution in [2.24, 2.45) is 0 Å². The highest BCUT2D eigenvalue weighted by atomic mass is 19.4. The zero-order chi connectivity index (χ0) is 31.5. The number of carbonyl (C=O) groups is 2. The molecule has 0 bridgehead atoms. The van der Waals surface area contributed by atoms with E-state index >= 15 is 0 Å². The maximum absolute atomic E-state index is 14.5. The highest BCUT2D eigenvalue weighted by Gasteiger charge is 2.57. The van der Waals surface area contributed by atoms with Crippen molar-refractivity contribution in [2.75, 3.05) is 19.8 Å². The molecule has 1 saturated heterocycles. The smallest absolute Gasteiger partial charge is 0.424 e. The van der Waals surface area contributed by atoms with E-state index in [1.807, 2.05) is 5.32 Å². The summed E-state index contributed by atoms with van der Waals surface area (Å²) >= 11 is 0. The Balaban J connectivity index is 1.72. The maximum Gasteiger partial charge on any atom is 0.424 e. The van der Waals surface area contributed by atoms with Gasteiger partial charge in [0.1, 0.15) is 23.6 Å². The Bertz CT molecular complexity index is 1440. The third-order valence-corrected chi connectivity index (χ3v) is 6.55. The van der Waals surface area contributed by atoms with Crippen LogP contribution in [0.15, 0.2) is 66.7 Å². The molecule has 1 aliphatic heterocycles. The van der Waals surface area contributed by atoms with E-state index in [4.69, 9.17) is 14.2 Å². The number of nitrogens with zero attached hydrogens (tertiary/aromatic N) is 1. The Morgan fingerprint density at radius 3 is 2.21 bits per heavy atom. The third kappa shape index (κ3) is 7.59. The van der Waals surface area contributed by atoms with E-state index in [9.17, 15) is 32.3 Å². The number of benzene rings is 2. The molecule has 230 valence electrons. The van der Waals surface area contributed by atoms with Crippen molar-refractivity contribution in [3.63, 3.8) is 0 Å². The molecule has 2 amide bonds. The molecule has 13 heteroatoms. The molecule has 1 aromatic heterocycles. The van der Waals surface area contributed by atoms with Gasteiger partial charge in [0, 0.05) is 5.56 Å². The summed E-state index contributed by atoms with van der Waals surface area (Å²) < 4.78 is 72.9. The summed E-state index contributed by atoms with van der Waals surface area (Å²) in [4.78, 5) is 29.1. The minimum Gasteiger partial charge on any atom is -0.445 e. The Labute approximate surface area is 245 Å². The summed E-state index contributed by atoms with van der Waals surface area (Å²) in [6.07, 6.45) is -7.36. The summed E-state index contributed by atoms with van der Waals surface area (Å²) in [5, 5.41) is 15.7. The van der Waals surface area contributed by atoms with Crippen LogP contribution in [0.5, 0.6) is 0 Å². The minimum atomic E-state index is -5.32. The first-order valence-electron chi connectivity index (χ1n) is 13.2. The molecule has 3 N–H and O–H groups in total. The minimum absolute atomic E-state index is 0.0572. The number of alkyl halides is 3. The molecule has 1 unspecified atom stereocenters. The standard InChI is InChI=1S/C30H31F4N3O6/c1-27(2,3)43-25(38)35-16-29(40,30(32,33)34)24-14-21(13-23(36-24)20-9-11-22(31)12-10-20)28(17-41-18-28)37-26(39)42-15-19-7-5-4-6-8-19/h4-14,40H,15-18H2,1-3H3,(H,35,38)(H,37,39). The quantitative estimate of drug-likeness (QED) is 0.298. The van der Waals surface area contributed by atoms with E-state index in [2.05, 4.69) is 10.3 Å². The monoisotopic (exact) mass is 605 g/mol. The van der Waals surface area contributed by atoms with Crippen LogP contribution in [-0.2, 0) is 32.0 Å². The van der Waals surface area contributed by atoms with E-state index in [1.165, 1.54) is 39.0 Å². The number of alkyl carbamates (subject to hydrolysis) is 2. The average Bonchev–Trinajstić information content (AvgIpc) is 2.91. The topological polar surface area (TPSA) is 119 Å². The number of aromatic nitrogens is 1. The predicted octanol–water partition coefficient (Wildman–Crippen LogP) is 5.31. The lowest BCUT2D eigenvalue weighted by Gasteiger charge is -2.42. The van der Waals surface area contributed by atoms with Crippen molar-refractivity contribution >= 4 is 12.2 Å². The SMILES string of the molecule is CC(C)(C)OC(=O)NCC(O)(c1cc(C2(NC(=O)OCc3ccccc3)COC2)cc(-c2ccc(F)cc2)n1)C(F)(F)F. The normalized spacial score (nSPS) is 15.9.